The third kappa shape index (κ3) is 4.78. The van der Waals surface area contributed by atoms with Gasteiger partial charge in [0.1, 0.15) is 11.8 Å². The summed E-state index contributed by atoms with van der Waals surface area (Å²) in [7, 11) is 1.56. The summed E-state index contributed by atoms with van der Waals surface area (Å²) in [4.78, 5) is 11.7. The number of nitriles is 1. The number of amides is 1. The van der Waals surface area contributed by atoms with Crippen LogP contribution in [-0.4, -0.2) is 32.3 Å². The molecule has 0 aliphatic rings. The van der Waals surface area contributed by atoms with Gasteiger partial charge in [0.2, 0.25) is 0 Å². The normalized spacial score (nSPS) is 11.5. The first-order chi connectivity index (χ1) is 9.08. The zero-order chi connectivity index (χ0) is 14.3. The van der Waals surface area contributed by atoms with Crippen molar-refractivity contribution in [2.75, 3.05) is 20.3 Å². The van der Waals surface area contributed by atoms with Gasteiger partial charge in [0.25, 0.3) is 5.91 Å². The molecule has 0 heterocycles. The Bertz CT molecular complexity index is 485. The first-order valence-corrected chi connectivity index (χ1v) is 6.09. The number of ether oxygens (including phenoxy) is 2. The van der Waals surface area contributed by atoms with Gasteiger partial charge >= 0.3 is 0 Å². The van der Waals surface area contributed by atoms with Crippen molar-refractivity contribution in [1.82, 2.24) is 5.32 Å². The largest absolute Gasteiger partial charge is 0.481 e. The number of carbonyl (C=O) groups excluding carboxylic acids is 1. The summed E-state index contributed by atoms with van der Waals surface area (Å²) >= 11 is 5.88. The van der Waals surface area contributed by atoms with Gasteiger partial charge in [0.15, 0.2) is 6.10 Å². The van der Waals surface area contributed by atoms with E-state index in [0.717, 1.165) is 0 Å². The molecule has 1 rings (SSSR count). The summed E-state index contributed by atoms with van der Waals surface area (Å²) in [6.45, 7) is 2.51. The molecule has 0 aliphatic heterocycles. The van der Waals surface area contributed by atoms with Gasteiger partial charge < -0.3 is 14.8 Å². The lowest BCUT2D eigenvalue weighted by Gasteiger charge is -2.14. The Labute approximate surface area is 117 Å². The van der Waals surface area contributed by atoms with E-state index in [1.165, 1.54) is 6.07 Å². The van der Waals surface area contributed by atoms with Gasteiger partial charge in [-0.25, -0.2) is 0 Å². The lowest BCUT2D eigenvalue weighted by Crippen LogP contribution is -2.37. The molecule has 19 heavy (non-hydrogen) atoms. The van der Waals surface area contributed by atoms with Crippen LogP contribution in [-0.2, 0) is 9.53 Å². The van der Waals surface area contributed by atoms with Gasteiger partial charge in [-0.05, 0) is 19.1 Å². The quantitative estimate of drug-likeness (QED) is 0.807. The molecular formula is C13H15ClN2O3. The summed E-state index contributed by atoms with van der Waals surface area (Å²) in [6.07, 6.45) is -0.652. The zero-order valence-electron chi connectivity index (χ0n) is 10.8. The Hall–Kier alpha value is -1.77. The molecule has 1 amide bonds. The summed E-state index contributed by atoms with van der Waals surface area (Å²) in [5.41, 5.74) is 0.367. The highest BCUT2D eigenvalue weighted by molar-refractivity contribution is 6.31. The summed E-state index contributed by atoms with van der Waals surface area (Å²) in [5, 5.41) is 11.7. The first-order valence-electron chi connectivity index (χ1n) is 5.71. The van der Waals surface area contributed by atoms with Crippen molar-refractivity contribution in [2.24, 2.45) is 0 Å². The second-order valence-electron chi connectivity index (χ2n) is 3.80. The molecule has 0 aliphatic carbocycles. The number of hydrogen-bond acceptors (Lipinski definition) is 4. The molecule has 1 aromatic carbocycles. The van der Waals surface area contributed by atoms with Gasteiger partial charge in [-0.15, -0.1) is 0 Å². The molecule has 1 aromatic rings. The molecule has 6 heteroatoms. The van der Waals surface area contributed by atoms with Crippen LogP contribution in [0.2, 0.25) is 5.02 Å². The predicted molar refractivity (Wildman–Crippen MR) is 71.1 cm³/mol. The Morgan fingerprint density at radius 3 is 2.89 bits per heavy atom. The third-order valence-electron chi connectivity index (χ3n) is 2.35. The topological polar surface area (TPSA) is 71.3 Å². The van der Waals surface area contributed by atoms with Crippen molar-refractivity contribution in [2.45, 2.75) is 13.0 Å². The molecule has 0 fully saturated rings. The van der Waals surface area contributed by atoms with Crippen molar-refractivity contribution >= 4 is 17.5 Å². The smallest absolute Gasteiger partial charge is 0.260 e. The fraction of sp³-hybridized carbons (Fsp3) is 0.385. The van der Waals surface area contributed by atoms with E-state index in [-0.39, 0.29) is 5.91 Å². The molecular weight excluding hydrogens is 268 g/mol. The fourth-order valence-corrected chi connectivity index (χ4v) is 1.55. The number of benzene rings is 1. The van der Waals surface area contributed by atoms with Crippen molar-refractivity contribution in [3.05, 3.63) is 28.8 Å². The van der Waals surface area contributed by atoms with E-state index in [4.69, 9.17) is 26.3 Å². The average molecular weight is 283 g/mol. The Morgan fingerprint density at radius 1 is 1.58 bits per heavy atom. The minimum absolute atomic E-state index is 0.238. The number of nitrogens with zero attached hydrogens (tertiary/aromatic N) is 1. The maximum atomic E-state index is 11.7. The number of methoxy groups -OCH3 is 1. The van der Waals surface area contributed by atoms with Crippen molar-refractivity contribution < 1.29 is 14.3 Å². The monoisotopic (exact) mass is 282 g/mol. The van der Waals surface area contributed by atoms with Gasteiger partial charge in [-0.2, -0.15) is 5.26 Å². The molecule has 0 spiro atoms. The maximum absolute atomic E-state index is 11.7. The van der Waals surface area contributed by atoms with E-state index >= 15 is 0 Å². The number of hydrogen-bond donors (Lipinski definition) is 1. The third-order valence-corrected chi connectivity index (χ3v) is 2.66. The van der Waals surface area contributed by atoms with Crippen molar-refractivity contribution in [1.29, 1.82) is 5.26 Å². The minimum Gasteiger partial charge on any atom is -0.481 e. The highest BCUT2D eigenvalue weighted by atomic mass is 35.5. The number of halogens is 1. The van der Waals surface area contributed by atoms with Crippen molar-refractivity contribution in [3.8, 4) is 11.8 Å². The van der Waals surface area contributed by atoms with Gasteiger partial charge in [0.05, 0.1) is 17.2 Å². The van der Waals surface area contributed by atoms with Gasteiger partial charge in [0, 0.05) is 19.7 Å². The van der Waals surface area contributed by atoms with E-state index in [0.29, 0.717) is 29.5 Å². The minimum atomic E-state index is -0.652. The van der Waals surface area contributed by atoms with E-state index in [1.54, 1.807) is 26.2 Å². The van der Waals surface area contributed by atoms with Crippen LogP contribution in [0.15, 0.2) is 18.2 Å². The number of nitrogens with one attached hydrogen (secondary N) is 1. The molecule has 102 valence electrons. The number of carbonyl (C=O) groups is 1. The molecule has 0 aromatic heterocycles. The van der Waals surface area contributed by atoms with Gasteiger partial charge in [-0.3, -0.25) is 4.79 Å². The highest BCUT2D eigenvalue weighted by Gasteiger charge is 2.14. The second-order valence-corrected chi connectivity index (χ2v) is 4.20. The first kappa shape index (κ1) is 15.3. The lowest BCUT2D eigenvalue weighted by atomic mass is 10.2. The van der Waals surface area contributed by atoms with Crippen molar-refractivity contribution in [3.63, 3.8) is 0 Å². The Morgan fingerprint density at radius 2 is 2.32 bits per heavy atom. The van der Waals surface area contributed by atoms with Crippen LogP contribution in [0.5, 0.6) is 5.75 Å². The fourth-order valence-electron chi connectivity index (χ4n) is 1.34. The van der Waals surface area contributed by atoms with Crippen LogP contribution in [0.25, 0.3) is 0 Å². The van der Waals surface area contributed by atoms with Crippen LogP contribution in [0, 0.1) is 11.3 Å². The molecule has 5 nitrogen and oxygen atoms in total. The molecule has 0 saturated heterocycles. The SMILES string of the molecule is COCCNC(=O)C(C)Oc1ccc(C#N)c(Cl)c1. The van der Waals surface area contributed by atoms with E-state index in [1.807, 2.05) is 6.07 Å². The second kappa shape index (κ2) is 7.62. The summed E-state index contributed by atoms with van der Waals surface area (Å²) in [5.74, 6) is 0.205. The molecule has 0 bridgehead atoms. The Balaban J connectivity index is 2.57. The summed E-state index contributed by atoms with van der Waals surface area (Å²) < 4.78 is 10.3. The maximum Gasteiger partial charge on any atom is 0.260 e. The van der Waals surface area contributed by atoms with E-state index in [2.05, 4.69) is 5.32 Å². The van der Waals surface area contributed by atoms with E-state index < -0.39 is 6.10 Å². The molecule has 0 radical (unpaired) electrons. The van der Waals surface area contributed by atoms with Crippen LogP contribution in [0.3, 0.4) is 0 Å². The molecule has 1 N–H and O–H groups in total. The zero-order valence-corrected chi connectivity index (χ0v) is 11.5. The van der Waals surface area contributed by atoms with Crippen LogP contribution >= 0.6 is 11.6 Å². The number of rotatable bonds is 6. The van der Waals surface area contributed by atoms with Crippen LogP contribution in [0.4, 0.5) is 0 Å². The van der Waals surface area contributed by atoms with Gasteiger partial charge in [-0.1, -0.05) is 11.6 Å². The summed E-state index contributed by atoms with van der Waals surface area (Å²) in [6, 6.07) is 6.61. The standard InChI is InChI=1S/C13H15ClN2O3/c1-9(13(17)16-5-6-18-2)19-11-4-3-10(8-15)12(14)7-11/h3-4,7,9H,5-6H2,1-2H3,(H,16,17). The molecule has 0 saturated carbocycles. The van der Waals surface area contributed by atoms with Crippen LogP contribution < -0.4 is 10.1 Å². The lowest BCUT2D eigenvalue weighted by molar-refractivity contribution is -0.127. The van der Waals surface area contributed by atoms with Crippen LogP contribution in [0.1, 0.15) is 12.5 Å². The Kier molecular flexibility index (Phi) is 6.13. The average Bonchev–Trinajstić information content (AvgIpc) is 2.39. The highest BCUT2D eigenvalue weighted by Crippen LogP contribution is 2.22. The molecule has 1 atom stereocenters. The predicted octanol–water partition coefficient (Wildman–Crippen LogP) is 1.74. The van der Waals surface area contributed by atoms with E-state index in [9.17, 15) is 4.79 Å². The molecule has 1 unspecified atom stereocenters.